The van der Waals surface area contributed by atoms with Crippen LogP contribution < -0.4 is 16.8 Å². The van der Waals surface area contributed by atoms with E-state index in [4.69, 9.17) is 11.5 Å². The van der Waals surface area contributed by atoms with Gasteiger partial charge in [-0.15, -0.1) is 0 Å². The van der Waals surface area contributed by atoms with Crippen LogP contribution in [0.4, 0.5) is 5.82 Å². The van der Waals surface area contributed by atoms with E-state index < -0.39 is 0 Å². The lowest BCUT2D eigenvalue weighted by atomic mass is 10.3. The molecule has 0 radical (unpaired) electrons. The van der Waals surface area contributed by atoms with E-state index in [2.05, 4.69) is 43.0 Å². The summed E-state index contributed by atoms with van der Waals surface area (Å²) in [7, 11) is 0. The van der Waals surface area contributed by atoms with Crippen molar-refractivity contribution < 1.29 is 0 Å². The molecule has 0 atom stereocenters. The molecule has 1 fully saturated rings. The minimum atomic E-state index is 0.218. The van der Waals surface area contributed by atoms with Crippen molar-refractivity contribution >= 4 is 28.0 Å². The average Bonchev–Trinajstić information content (AvgIpc) is 3.07. The fourth-order valence-electron chi connectivity index (χ4n) is 1.41. The molecule has 1 aromatic rings. The summed E-state index contributed by atoms with van der Waals surface area (Å²) in [6, 6.07) is 1.96. The van der Waals surface area contributed by atoms with Gasteiger partial charge in [-0.3, -0.25) is 5.10 Å². The molecular weight excluding hydrogens is 296 g/mol. The number of hydrogen-bond acceptors (Lipinski definition) is 5. The zero-order valence-electron chi connectivity index (χ0n) is 9.78. The highest BCUT2D eigenvalue weighted by Gasteiger charge is 2.25. The maximum absolute atomic E-state index is 5.84. The second-order valence-electron chi connectivity index (χ2n) is 4.12. The molecule has 0 spiro atoms. The van der Waals surface area contributed by atoms with Gasteiger partial charge in [0.2, 0.25) is 0 Å². The Bertz CT molecular complexity index is 511. The Morgan fingerprint density at radius 1 is 1.61 bits per heavy atom. The Labute approximate surface area is 113 Å². The van der Waals surface area contributed by atoms with Crippen LogP contribution in [0.3, 0.4) is 0 Å². The third-order valence-corrected chi connectivity index (χ3v) is 3.11. The molecule has 1 heterocycles. The standard InChI is InChI=1S/C11H15BrN6/c1-6(13)15-5-8(12)11(14)16-10-4-9(17-18-10)7-2-3-7/h4-5,7H,1-3,13-14H2,(H2,16,17,18)/b11-8-,15-5-. The summed E-state index contributed by atoms with van der Waals surface area (Å²) in [6.07, 6.45) is 3.93. The molecule has 6 nitrogen and oxygen atoms in total. The Morgan fingerprint density at radius 3 is 2.94 bits per heavy atom. The Hall–Kier alpha value is -1.76. The summed E-state index contributed by atoms with van der Waals surface area (Å²) in [5, 5.41) is 10.1. The van der Waals surface area contributed by atoms with Crippen molar-refractivity contribution in [1.29, 1.82) is 0 Å². The van der Waals surface area contributed by atoms with Gasteiger partial charge in [-0.1, -0.05) is 6.58 Å². The first-order chi connectivity index (χ1) is 8.56. The van der Waals surface area contributed by atoms with E-state index in [1.54, 1.807) is 0 Å². The van der Waals surface area contributed by atoms with E-state index in [0.717, 1.165) is 5.69 Å². The fraction of sp³-hybridized carbons (Fsp3) is 0.273. The van der Waals surface area contributed by atoms with E-state index in [1.165, 1.54) is 19.1 Å². The molecule has 18 heavy (non-hydrogen) atoms. The first-order valence-corrected chi connectivity index (χ1v) is 6.31. The van der Waals surface area contributed by atoms with Crippen LogP contribution in [0, 0.1) is 0 Å². The number of rotatable bonds is 5. The molecule has 0 amide bonds. The van der Waals surface area contributed by atoms with Crippen molar-refractivity contribution in [2.75, 3.05) is 5.32 Å². The number of H-pyrrole nitrogens is 1. The van der Waals surface area contributed by atoms with Crippen molar-refractivity contribution in [2.45, 2.75) is 18.8 Å². The normalized spacial score (nSPS) is 16.7. The smallest absolute Gasteiger partial charge is 0.153 e. The van der Waals surface area contributed by atoms with Crippen molar-refractivity contribution in [1.82, 2.24) is 10.2 Å². The van der Waals surface area contributed by atoms with Crippen LogP contribution in [-0.4, -0.2) is 16.4 Å². The third kappa shape index (κ3) is 3.36. The monoisotopic (exact) mass is 310 g/mol. The molecule has 7 heteroatoms. The summed E-state index contributed by atoms with van der Waals surface area (Å²) in [4.78, 5) is 3.84. The first kappa shape index (κ1) is 12.7. The predicted octanol–water partition coefficient (Wildman–Crippen LogP) is 1.72. The van der Waals surface area contributed by atoms with Gasteiger partial charge in [-0.2, -0.15) is 5.10 Å². The number of aliphatic imine (C=N–C) groups is 1. The number of aromatic amines is 1. The molecule has 1 saturated carbocycles. The summed E-state index contributed by atoms with van der Waals surface area (Å²) < 4.78 is 0.588. The number of nitrogens with one attached hydrogen (secondary N) is 2. The van der Waals surface area contributed by atoms with Gasteiger partial charge in [0.15, 0.2) is 5.82 Å². The summed E-state index contributed by atoms with van der Waals surface area (Å²) >= 11 is 3.29. The second-order valence-corrected chi connectivity index (χ2v) is 4.97. The minimum Gasteiger partial charge on any atom is -0.384 e. The Balaban J connectivity index is 2.02. The van der Waals surface area contributed by atoms with Crippen LogP contribution in [0.15, 0.2) is 33.8 Å². The number of nitrogens with zero attached hydrogens (tertiary/aromatic N) is 2. The summed E-state index contributed by atoms with van der Waals surface area (Å²) in [6.45, 7) is 3.46. The number of allylic oxidation sites excluding steroid dienone is 1. The summed E-state index contributed by atoms with van der Waals surface area (Å²) in [5.41, 5.74) is 12.3. The summed E-state index contributed by atoms with van der Waals surface area (Å²) in [5.74, 6) is 1.94. The zero-order chi connectivity index (χ0) is 13.1. The number of nitrogens with two attached hydrogens (primary N) is 2. The number of anilines is 1. The van der Waals surface area contributed by atoms with Crippen LogP contribution in [-0.2, 0) is 0 Å². The molecular formula is C11H15BrN6. The molecule has 0 saturated heterocycles. The molecule has 1 aliphatic carbocycles. The second kappa shape index (κ2) is 5.26. The number of hydrogen-bond donors (Lipinski definition) is 4. The lowest BCUT2D eigenvalue weighted by Crippen LogP contribution is -2.11. The van der Waals surface area contributed by atoms with Crippen molar-refractivity contribution in [3.05, 3.63) is 34.5 Å². The quantitative estimate of drug-likeness (QED) is 0.621. The minimum absolute atomic E-state index is 0.218. The van der Waals surface area contributed by atoms with E-state index in [9.17, 15) is 0 Å². The van der Waals surface area contributed by atoms with Gasteiger partial charge in [0.05, 0.1) is 4.48 Å². The van der Waals surface area contributed by atoms with E-state index >= 15 is 0 Å². The van der Waals surface area contributed by atoms with Crippen LogP contribution in [0.25, 0.3) is 0 Å². The molecule has 0 bridgehead atoms. The first-order valence-electron chi connectivity index (χ1n) is 5.52. The zero-order valence-corrected chi connectivity index (χ0v) is 11.4. The van der Waals surface area contributed by atoms with Crippen molar-refractivity contribution in [3.63, 3.8) is 0 Å². The van der Waals surface area contributed by atoms with E-state index in [-0.39, 0.29) is 5.82 Å². The van der Waals surface area contributed by atoms with Gasteiger partial charge in [-0.05, 0) is 28.8 Å². The number of halogens is 1. The topological polar surface area (TPSA) is 105 Å². The maximum atomic E-state index is 5.84. The van der Waals surface area contributed by atoms with E-state index in [0.29, 0.717) is 22.0 Å². The van der Waals surface area contributed by atoms with Crippen LogP contribution in [0.5, 0.6) is 0 Å². The Kier molecular flexibility index (Phi) is 3.71. The van der Waals surface area contributed by atoms with Gasteiger partial charge < -0.3 is 16.8 Å². The van der Waals surface area contributed by atoms with E-state index in [1.807, 2.05) is 6.07 Å². The molecule has 1 aromatic heterocycles. The maximum Gasteiger partial charge on any atom is 0.153 e. The van der Waals surface area contributed by atoms with Gasteiger partial charge in [-0.25, -0.2) is 4.99 Å². The molecule has 0 unspecified atom stereocenters. The van der Waals surface area contributed by atoms with Gasteiger partial charge in [0, 0.05) is 23.9 Å². The molecule has 0 aromatic carbocycles. The Morgan fingerprint density at radius 2 is 2.33 bits per heavy atom. The van der Waals surface area contributed by atoms with Crippen molar-refractivity contribution in [2.24, 2.45) is 16.5 Å². The predicted molar refractivity (Wildman–Crippen MR) is 76.1 cm³/mol. The largest absolute Gasteiger partial charge is 0.384 e. The number of aromatic nitrogens is 2. The van der Waals surface area contributed by atoms with Crippen LogP contribution in [0.2, 0.25) is 0 Å². The fourth-order valence-corrected chi connectivity index (χ4v) is 1.61. The molecule has 6 N–H and O–H groups in total. The van der Waals surface area contributed by atoms with Gasteiger partial charge in [0.25, 0.3) is 0 Å². The molecule has 1 aliphatic rings. The van der Waals surface area contributed by atoms with Gasteiger partial charge >= 0.3 is 0 Å². The molecule has 96 valence electrons. The molecule has 0 aliphatic heterocycles. The van der Waals surface area contributed by atoms with Gasteiger partial charge in [0.1, 0.15) is 11.6 Å². The van der Waals surface area contributed by atoms with Crippen molar-refractivity contribution in [3.8, 4) is 0 Å². The highest BCUT2D eigenvalue weighted by atomic mass is 79.9. The lowest BCUT2D eigenvalue weighted by Gasteiger charge is -2.03. The average molecular weight is 311 g/mol. The van der Waals surface area contributed by atoms with Crippen LogP contribution >= 0.6 is 15.9 Å². The lowest BCUT2D eigenvalue weighted by molar-refractivity contribution is 0.965. The third-order valence-electron chi connectivity index (χ3n) is 2.48. The molecule has 2 rings (SSSR count). The highest BCUT2D eigenvalue weighted by molar-refractivity contribution is 9.12. The SMILES string of the molecule is C=C(N)/N=C\C(Br)=C(/N)Nc1cc(C2CC2)[nH]n1. The highest BCUT2D eigenvalue weighted by Crippen LogP contribution is 2.39. The van der Waals surface area contributed by atoms with Crippen LogP contribution in [0.1, 0.15) is 24.5 Å².